The predicted octanol–water partition coefficient (Wildman–Crippen LogP) is 2.09. The fourth-order valence-electron chi connectivity index (χ4n) is 3.28. The van der Waals surface area contributed by atoms with Gasteiger partial charge in [0.1, 0.15) is 6.54 Å². The highest BCUT2D eigenvalue weighted by Gasteiger charge is 2.21. The van der Waals surface area contributed by atoms with Crippen LogP contribution in [0.5, 0.6) is 0 Å². The molecule has 0 radical (unpaired) electrons. The van der Waals surface area contributed by atoms with Gasteiger partial charge in [0, 0.05) is 55.3 Å². The first kappa shape index (κ1) is 15.6. The third-order valence-electron chi connectivity index (χ3n) is 4.64. The van der Waals surface area contributed by atoms with E-state index in [0.717, 1.165) is 42.8 Å². The quantitative estimate of drug-likeness (QED) is 0.735. The van der Waals surface area contributed by atoms with Crippen LogP contribution in [0, 0.1) is 6.92 Å². The summed E-state index contributed by atoms with van der Waals surface area (Å²) in [6.07, 6.45) is 3.77. The summed E-state index contributed by atoms with van der Waals surface area (Å²) in [5, 5.41) is 5.53. The van der Waals surface area contributed by atoms with Gasteiger partial charge in [-0.15, -0.1) is 0 Å². The van der Waals surface area contributed by atoms with Gasteiger partial charge < -0.3 is 9.80 Å². The molecule has 1 saturated heterocycles. The Balaban J connectivity index is 1.37. The molecule has 1 aromatic carbocycles. The maximum absolute atomic E-state index is 12.6. The second kappa shape index (κ2) is 6.55. The highest BCUT2D eigenvalue weighted by molar-refractivity contribution is 5.80. The lowest BCUT2D eigenvalue weighted by Gasteiger charge is -2.36. The fourth-order valence-corrected chi connectivity index (χ4v) is 3.28. The van der Waals surface area contributed by atoms with Crippen LogP contribution in [0.2, 0.25) is 0 Å². The summed E-state index contributed by atoms with van der Waals surface area (Å²) in [5.74, 6) is 0.123. The van der Waals surface area contributed by atoms with Gasteiger partial charge in [0.05, 0.1) is 5.52 Å². The molecule has 0 bridgehead atoms. The van der Waals surface area contributed by atoms with Crippen molar-refractivity contribution in [3.63, 3.8) is 0 Å². The van der Waals surface area contributed by atoms with Crippen LogP contribution >= 0.6 is 0 Å². The van der Waals surface area contributed by atoms with E-state index >= 15 is 0 Å². The lowest BCUT2D eigenvalue weighted by atomic mass is 10.2. The normalized spacial score (nSPS) is 14.9. The third kappa shape index (κ3) is 3.33. The second-order valence-electron chi connectivity index (χ2n) is 6.41. The molecule has 128 valence electrons. The van der Waals surface area contributed by atoms with E-state index in [4.69, 9.17) is 0 Å². The Morgan fingerprint density at radius 1 is 1.12 bits per heavy atom. The molecule has 3 heterocycles. The molecule has 0 aliphatic carbocycles. The minimum absolute atomic E-state index is 0.123. The van der Waals surface area contributed by atoms with Gasteiger partial charge in [-0.05, 0) is 25.1 Å². The zero-order chi connectivity index (χ0) is 17.2. The van der Waals surface area contributed by atoms with Crippen molar-refractivity contribution in [1.82, 2.24) is 19.7 Å². The van der Waals surface area contributed by atoms with Crippen molar-refractivity contribution in [1.29, 1.82) is 0 Å². The summed E-state index contributed by atoms with van der Waals surface area (Å²) in [6.45, 7) is 5.45. The van der Waals surface area contributed by atoms with Gasteiger partial charge in [0.2, 0.25) is 5.91 Å². The van der Waals surface area contributed by atoms with Gasteiger partial charge in [-0.25, -0.2) is 0 Å². The summed E-state index contributed by atoms with van der Waals surface area (Å²) < 4.78 is 1.74. The van der Waals surface area contributed by atoms with Crippen LogP contribution in [-0.4, -0.2) is 51.8 Å². The molecular formula is C19H21N5O. The molecule has 1 aliphatic rings. The zero-order valence-corrected chi connectivity index (χ0v) is 14.3. The highest BCUT2D eigenvalue weighted by atomic mass is 16.2. The number of amides is 1. The third-order valence-corrected chi connectivity index (χ3v) is 4.64. The molecule has 6 heteroatoms. The van der Waals surface area contributed by atoms with Crippen molar-refractivity contribution in [2.75, 3.05) is 31.1 Å². The average molecular weight is 335 g/mol. The molecule has 0 unspecified atom stereocenters. The molecule has 3 aromatic rings. The Kier molecular flexibility index (Phi) is 4.09. The van der Waals surface area contributed by atoms with E-state index in [1.807, 2.05) is 54.5 Å². The standard InChI is InChI=1S/C19H21N5O/c1-15-12-17(6-7-20-15)22-8-10-23(11-9-22)19(25)14-24-13-16-4-2-3-5-18(16)21-24/h2-7,12-13H,8-11,14H2,1H3. The number of hydrogen-bond donors (Lipinski definition) is 0. The number of fused-ring (bicyclic) bond motifs is 1. The minimum atomic E-state index is 0.123. The van der Waals surface area contributed by atoms with Crippen LogP contribution in [0.4, 0.5) is 5.69 Å². The van der Waals surface area contributed by atoms with Crippen molar-refractivity contribution < 1.29 is 4.79 Å². The molecule has 1 aliphatic heterocycles. The Hall–Kier alpha value is -2.89. The van der Waals surface area contributed by atoms with E-state index in [1.54, 1.807) is 4.68 Å². The molecule has 0 saturated carbocycles. The van der Waals surface area contributed by atoms with E-state index < -0.39 is 0 Å². The van der Waals surface area contributed by atoms with Crippen molar-refractivity contribution in [2.45, 2.75) is 13.5 Å². The molecule has 2 aromatic heterocycles. The van der Waals surface area contributed by atoms with Crippen molar-refractivity contribution in [3.8, 4) is 0 Å². The molecule has 1 amide bonds. The monoisotopic (exact) mass is 335 g/mol. The summed E-state index contributed by atoms with van der Waals surface area (Å²) in [7, 11) is 0. The molecule has 0 N–H and O–H groups in total. The average Bonchev–Trinajstić information content (AvgIpc) is 3.04. The number of hydrogen-bond acceptors (Lipinski definition) is 4. The van der Waals surface area contributed by atoms with E-state index in [-0.39, 0.29) is 5.91 Å². The lowest BCUT2D eigenvalue weighted by Crippen LogP contribution is -2.49. The number of nitrogens with zero attached hydrogens (tertiary/aromatic N) is 5. The summed E-state index contributed by atoms with van der Waals surface area (Å²) in [6, 6.07) is 12.0. The van der Waals surface area contributed by atoms with E-state index in [2.05, 4.69) is 21.0 Å². The van der Waals surface area contributed by atoms with Gasteiger partial charge in [-0.3, -0.25) is 14.5 Å². The number of anilines is 1. The second-order valence-corrected chi connectivity index (χ2v) is 6.41. The van der Waals surface area contributed by atoms with Crippen LogP contribution in [0.3, 0.4) is 0 Å². The minimum Gasteiger partial charge on any atom is -0.368 e. The number of aryl methyl sites for hydroxylation is 1. The molecule has 1 fully saturated rings. The van der Waals surface area contributed by atoms with Crippen LogP contribution in [0.1, 0.15) is 5.69 Å². The molecule has 25 heavy (non-hydrogen) atoms. The Labute approximate surface area is 146 Å². The number of benzene rings is 1. The topological polar surface area (TPSA) is 54.3 Å². The first-order chi connectivity index (χ1) is 12.2. The molecule has 0 spiro atoms. The Bertz CT molecular complexity index is 862. The van der Waals surface area contributed by atoms with Gasteiger partial charge in [0.15, 0.2) is 0 Å². The molecule has 6 nitrogen and oxygen atoms in total. The van der Waals surface area contributed by atoms with Crippen LogP contribution < -0.4 is 4.90 Å². The first-order valence-electron chi connectivity index (χ1n) is 8.57. The van der Waals surface area contributed by atoms with Crippen LogP contribution in [0.15, 0.2) is 48.8 Å². The van der Waals surface area contributed by atoms with Crippen molar-refractivity contribution in [2.24, 2.45) is 0 Å². The van der Waals surface area contributed by atoms with Gasteiger partial charge in [-0.2, -0.15) is 5.10 Å². The summed E-state index contributed by atoms with van der Waals surface area (Å²) >= 11 is 0. The van der Waals surface area contributed by atoms with Gasteiger partial charge >= 0.3 is 0 Å². The van der Waals surface area contributed by atoms with E-state index in [1.165, 1.54) is 5.69 Å². The highest BCUT2D eigenvalue weighted by Crippen LogP contribution is 2.17. The maximum Gasteiger partial charge on any atom is 0.244 e. The first-order valence-corrected chi connectivity index (χ1v) is 8.57. The van der Waals surface area contributed by atoms with Crippen LogP contribution in [-0.2, 0) is 11.3 Å². The Morgan fingerprint density at radius 2 is 1.92 bits per heavy atom. The molecule has 4 rings (SSSR count). The van der Waals surface area contributed by atoms with Crippen molar-refractivity contribution >= 4 is 22.5 Å². The van der Waals surface area contributed by atoms with Crippen molar-refractivity contribution in [3.05, 3.63) is 54.5 Å². The van der Waals surface area contributed by atoms with Gasteiger partial charge in [0.25, 0.3) is 0 Å². The number of piperazine rings is 1. The van der Waals surface area contributed by atoms with Crippen LogP contribution in [0.25, 0.3) is 10.9 Å². The van der Waals surface area contributed by atoms with Gasteiger partial charge in [-0.1, -0.05) is 18.2 Å². The number of pyridine rings is 1. The molecule has 0 atom stereocenters. The fraction of sp³-hybridized carbons (Fsp3) is 0.316. The largest absolute Gasteiger partial charge is 0.368 e. The zero-order valence-electron chi connectivity index (χ0n) is 14.3. The number of rotatable bonds is 3. The summed E-state index contributed by atoms with van der Waals surface area (Å²) in [5.41, 5.74) is 3.12. The summed E-state index contributed by atoms with van der Waals surface area (Å²) in [4.78, 5) is 21.1. The maximum atomic E-state index is 12.6. The van der Waals surface area contributed by atoms with E-state index in [0.29, 0.717) is 6.54 Å². The lowest BCUT2D eigenvalue weighted by molar-refractivity contribution is -0.132. The predicted molar refractivity (Wildman–Crippen MR) is 97.5 cm³/mol. The number of carbonyl (C=O) groups excluding carboxylic acids is 1. The SMILES string of the molecule is Cc1cc(N2CCN(C(=O)Cn3cc4ccccc4n3)CC2)ccn1. The number of carbonyl (C=O) groups is 1. The molecular weight excluding hydrogens is 314 g/mol. The smallest absolute Gasteiger partial charge is 0.244 e. The van der Waals surface area contributed by atoms with E-state index in [9.17, 15) is 4.79 Å². The number of aromatic nitrogens is 3. The Morgan fingerprint density at radius 3 is 2.68 bits per heavy atom.